The number of halogens is 3. The zero-order valence-corrected chi connectivity index (χ0v) is 26.3. The molecule has 0 aliphatic carbocycles. The maximum atomic E-state index is 13.5. The highest BCUT2D eigenvalue weighted by molar-refractivity contribution is 9.10. The highest BCUT2D eigenvalue weighted by atomic mass is 79.9. The first-order valence-corrected chi connectivity index (χ1v) is 15.3. The van der Waals surface area contributed by atoms with Crippen LogP contribution in [0.2, 0.25) is 10.0 Å². The summed E-state index contributed by atoms with van der Waals surface area (Å²) in [4.78, 5) is 40.2. The molecular weight excluding hydrogens is 657 g/mol. The standard InChI is InChI=1S/C32H26BrCl2N3O3S/c1-2-29(32(41)37-27-14-7-6-13-25(27)33)42-24-12-8-11-23(19-24)36-31(40)28(17-21-15-16-22(34)18-26(21)35)38-30(39)20-9-4-3-5-10-20/h3-19,29H,2H2,1H3,(H,36,40)(H,37,41)(H,38,39)/b28-17+. The van der Waals surface area contributed by atoms with Crippen LogP contribution in [0.25, 0.3) is 6.08 Å². The number of rotatable bonds is 10. The number of thioether (sulfide) groups is 1. The fourth-order valence-corrected chi connectivity index (χ4v) is 5.68. The van der Waals surface area contributed by atoms with E-state index in [0.717, 1.165) is 9.37 Å². The van der Waals surface area contributed by atoms with Crippen LogP contribution in [-0.4, -0.2) is 23.0 Å². The summed E-state index contributed by atoms with van der Waals surface area (Å²) in [7, 11) is 0. The lowest BCUT2D eigenvalue weighted by Crippen LogP contribution is -2.30. The number of benzene rings is 4. The average molecular weight is 683 g/mol. The van der Waals surface area contributed by atoms with Gasteiger partial charge in [0.05, 0.1) is 10.9 Å². The molecule has 0 aliphatic heterocycles. The molecule has 0 saturated carbocycles. The molecule has 0 spiro atoms. The quantitative estimate of drug-likeness (QED) is 0.115. The monoisotopic (exact) mass is 681 g/mol. The number of amides is 3. The van der Waals surface area contributed by atoms with Crippen LogP contribution in [0.5, 0.6) is 0 Å². The van der Waals surface area contributed by atoms with Crippen molar-refractivity contribution in [2.75, 3.05) is 10.6 Å². The Labute approximate surface area is 267 Å². The van der Waals surface area contributed by atoms with E-state index in [1.165, 1.54) is 17.8 Å². The molecule has 4 rings (SSSR count). The van der Waals surface area contributed by atoms with Gasteiger partial charge >= 0.3 is 0 Å². The maximum absolute atomic E-state index is 13.5. The van der Waals surface area contributed by atoms with E-state index in [-0.39, 0.29) is 16.9 Å². The number of anilines is 2. The Morgan fingerprint density at radius 2 is 1.62 bits per heavy atom. The lowest BCUT2D eigenvalue weighted by molar-refractivity contribution is -0.116. The molecule has 42 heavy (non-hydrogen) atoms. The summed E-state index contributed by atoms with van der Waals surface area (Å²) in [6.45, 7) is 1.94. The SMILES string of the molecule is CCC(Sc1cccc(NC(=O)/C(=C\c2ccc(Cl)cc2Cl)NC(=O)c2ccccc2)c1)C(=O)Nc1ccccc1Br. The third kappa shape index (κ3) is 8.72. The maximum Gasteiger partial charge on any atom is 0.272 e. The van der Waals surface area contributed by atoms with Crippen molar-refractivity contribution in [2.24, 2.45) is 0 Å². The molecule has 4 aromatic carbocycles. The van der Waals surface area contributed by atoms with Crippen molar-refractivity contribution in [2.45, 2.75) is 23.5 Å². The summed E-state index contributed by atoms with van der Waals surface area (Å²) < 4.78 is 0.797. The third-order valence-corrected chi connectivity index (χ3v) is 8.57. The number of carbonyl (C=O) groups is 3. The minimum absolute atomic E-state index is 0.00891. The van der Waals surface area contributed by atoms with Crippen molar-refractivity contribution >= 4 is 86.1 Å². The summed E-state index contributed by atoms with van der Waals surface area (Å²) in [5.41, 5.74) is 2.08. The summed E-state index contributed by atoms with van der Waals surface area (Å²) in [6, 6.07) is 28.0. The predicted octanol–water partition coefficient (Wildman–Crippen LogP) is 8.67. The van der Waals surface area contributed by atoms with Gasteiger partial charge in [0, 0.05) is 30.7 Å². The van der Waals surface area contributed by atoms with E-state index in [1.54, 1.807) is 66.7 Å². The van der Waals surface area contributed by atoms with Crippen LogP contribution >= 0.6 is 50.9 Å². The molecule has 214 valence electrons. The number of hydrogen-bond acceptors (Lipinski definition) is 4. The minimum atomic E-state index is -0.550. The second-order valence-electron chi connectivity index (χ2n) is 9.01. The molecule has 3 N–H and O–H groups in total. The van der Waals surface area contributed by atoms with E-state index in [0.29, 0.717) is 39.0 Å². The lowest BCUT2D eigenvalue weighted by atomic mass is 10.1. The van der Waals surface area contributed by atoms with Crippen molar-refractivity contribution in [3.8, 4) is 0 Å². The van der Waals surface area contributed by atoms with Crippen LogP contribution in [0, 0.1) is 0 Å². The van der Waals surface area contributed by atoms with Crippen molar-refractivity contribution < 1.29 is 14.4 Å². The Morgan fingerprint density at radius 1 is 0.881 bits per heavy atom. The molecule has 3 amide bonds. The van der Waals surface area contributed by atoms with Gasteiger partial charge in [-0.25, -0.2) is 0 Å². The van der Waals surface area contributed by atoms with Crippen LogP contribution in [0.4, 0.5) is 11.4 Å². The van der Waals surface area contributed by atoms with E-state index in [2.05, 4.69) is 31.9 Å². The third-order valence-electron chi connectivity index (χ3n) is 5.96. The highest BCUT2D eigenvalue weighted by Gasteiger charge is 2.20. The van der Waals surface area contributed by atoms with E-state index < -0.39 is 11.8 Å². The average Bonchev–Trinajstić information content (AvgIpc) is 2.98. The van der Waals surface area contributed by atoms with Crippen molar-refractivity contribution in [3.63, 3.8) is 0 Å². The topological polar surface area (TPSA) is 87.3 Å². The summed E-state index contributed by atoms with van der Waals surface area (Å²) in [5.74, 6) is -1.13. The van der Waals surface area contributed by atoms with Gasteiger partial charge < -0.3 is 16.0 Å². The van der Waals surface area contributed by atoms with E-state index in [1.807, 2.05) is 37.3 Å². The molecule has 6 nitrogen and oxygen atoms in total. The Kier molecular flexibility index (Phi) is 11.3. The highest BCUT2D eigenvalue weighted by Crippen LogP contribution is 2.30. The zero-order valence-electron chi connectivity index (χ0n) is 22.4. The zero-order chi connectivity index (χ0) is 30.1. The first-order valence-electron chi connectivity index (χ1n) is 12.9. The summed E-state index contributed by atoms with van der Waals surface area (Å²) >= 11 is 17.2. The van der Waals surface area contributed by atoms with Crippen LogP contribution in [0.1, 0.15) is 29.3 Å². The predicted molar refractivity (Wildman–Crippen MR) is 176 cm³/mol. The number of para-hydroxylation sites is 1. The van der Waals surface area contributed by atoms with Gasteiger partial charge in [-0.1, -0.05) is 72.6 Å². The van der Waals surface area contributed by atoms with Crippen LogP contribution < -0.4 is 16.0 Å². The van der Waals surface area contributed by atoms with E-state index >= 15 is 0 Å². The Hall–Kier alpha value is -3.56. The Balaban J connectivity index is 1.53. The molecule has 0 heterocycles. The molecule has 0 radical (unpaired) electrons. The summed E-state index contributed by atoms with van der Waals surface area (Å²) in [5, 5.41) is 8.91. The second-order valence-corrected chi connectivity index (χ2v) is 12.0. The van der Waals surface area contributed by atoms with Gasteiger partial charge in [0.25, 0.3) is 11.8 Å². The minimum Gasteiger partial charge on any atom is -0.324 e. The van der Waals surface area contributed by atoms with E-state index in [9.17, 15) is 14.4 Å². The first-order chi connectivity index (χ1) is 20.2. The van der Waals surface area contributed by atoms with Gasteiger partial charge in [-0.2, -0.15) is 0 Å². The van der Waals surface area contributed by atoms with Crippen LogP contribution in [0.3, 0.4) is 0 Å². The molecule has 0 bridgehead atoms. The number of carbonyl (C=O) groups excluding carboxylic acids is 3. The fourth-order valence-electron chi connectivity index (χ4n) is 3.82. The molecule has 0 aromatic heterocycles. The van der Waals surface area contributed by atoms with Crippen molar-refractivity contribution in [1.82, 2.24) is 5.32 Å². The molecular formula is C32H26BrCl2N3O3S. The lowest BCUT2D eigenvalue weighted by Gasteiger charge is -2.16. The fraction of sp³-hybridized carbons (Fsp3) is 0.0938. The first kappa shape index (κ1) is 31.4. The van der Waals surface area contributed by atoms with Crippen molar-refractivity contribution in [3.05, 3.63) is 128 Å². The normalized spacial score (nSPS) is 11.9. The van der Waals surface area contributed by atoms with Crippen molar-refractivity contribution in [1.29, 1.82) is 0 Å². The largest absolute Gasteiger partial charge is 0.324 e. The smallest absolute Gasteiger partial charge is 0.272 e. The van der Waals surface area contributed by atoms with Crippen LogP contribution in [0.15, 0.2) is 112 Å². The van der Waals surface area contributed by atoms with Gasteiger partial charge in [-0.15, -0.1) is 11.8 Å². The van der Waals surface area contributed by atoms with Crippen LogP contribution in [-0.2, 0) is 9.59 Å². The Morgan fingerprint density at radius 3 is 2.33 bits per heavy atom. The molecule has 10 heteroatoms. The molecule has 1 atom stereocenters. The molecule has 0 saturated heterocycles. The van der Waals surface area contributed by atoms with Gasteiger partial charge in [-0.3, -0.25) is 14.4 Å². The second kappa shape index (κ2) is 15.1. The number of nitrogens with one attached hydrogen (secondary N) is 3. The van der Waals surface area contributed by atoms with Gasteiger partial charge in [0.2, 0.25) is 5.91 Å². The molecule has 1 unspecified atom stereocenters. The Bertz CT molecular complexity index is 1630. The van der Waals surface area contributed by atoms with Gasteiger partial charge in [0.15, 0.2) is 0 Å². The van der Waals surface area contributed by atoms with E-state index in [4.69, 9.17) is 23.2 Å². The van der Waals surface area contributed by atoms with Gasteiger partial charge in [0.1, 0.15) is 5.70 Å². The van der Waals surface area contributed by atoms with Gasteiger partial charge in [-0.05, 0) is 88.6 Å². The molecule has 0 fully saturated rings. The summed E-state index contributed by atoms with van der Waals surface area (Å²) in [6.07, 6.45) is 2.09. The molecule has 4 aromatic rings. The number of hydrogen-bond donors (Lipinski definition) is 3. The molecule has 0 aliphatic rings.